The first-order chi connectivity index (χ1) is 5.28. The quantitative estimate of drug-likeness (QED) is 0.478. The summed E-state index contributed by atoms with van der Waals surface area (Å²) in [6.45, 7) is 5.26. The second-order valence-corrected chi connectivity index (χ2v) is 2.35. The van der Waals surface area contributed by atoms with Crippen molar-refractivity contribution in [2.45, 2.75) is 6.92 Å². The summed E-state index contributed by atoms with van der Waals surface area (Å²) < 4.78 is 16.9. The van der Waals surface area contributed by atoms with E-state index in [0.29, 0.717) is 10.7 Å². The molecule has 0 aromatic rings. The van der Waals surface area contributed by atoms with Crippen molar-refractivity contribution in [2.75, 3.05) is 7.11 Å². The van der Waals surface area contributed by atoms with E-state index >= 15 is 0 Å². The molecule has 0 saturated heterocycles. The molecule has 62 valence electrons. The van der Waals surface area contributed by atoms with Crippen LogP contribution in [-0.2, 0) is 4.74 Å². The monoisotopic (exact) mass is 174 g/mol. The topological polar surface area (TPSA) is 9.23 Å². The number of halogens is 1. The second-order valence-electron chi connectivity index (χ2n) is 1.72. The predicted molar refractivity (Wildman–Crippen MR) is 47.7 cm³/mol. The van der Waals surface area contributed by atoms with Crippen molar-refractivity contribution in [3.05, 3.63) is 35.5 Å². The molecule has 0 bridgehead atoms. The zero-order valence-electron chi connectivity index (χ0n) is 6.63. The molecule has 0 amide bonds. The Labute approximate surface area is 70.9 Å². The Bertz CT molecular complexity index is 185. The van der Waals surface area contributed by atoms with Gasteiger partial charge in [-0.1, -0.05) is 12.7 Å². The normalized spacial score (nSPS) is 13.0. The number of hydrogen-bond acceptors (Lipinski definition) is 2. The molecule has 0 saturated carbocycles. The lowest BCUT2D eigenvalue weighted by Crippen LogP contribution is -1.81. The Hall–Kier alpha value is -0.700. The first-order valence-corrected chi connectivity index (χ1v) is 3.83. The summed E-state index contributed by atoms with van der Waals surface area (Å²) >= 11 is 0.151. The van der Waals surface area contributed by atoms with Gasteiger partial charge in [0.1, 0.15) is 5.76 Å². The zero-order valence-corrected chi connectivity index (χ0v) is 7.45. The highest BCUT2D eigenvalue weighted by atomic mass is 32.2. The maximum atomic E-state index is 12.0. The van der Waals surface area contributed by atoms with Crippen LogP contribution in [0.3, 0.4) is 0 Å². The Morgan fingerprint density at radius 3 is 2.55 bits per heavy atom. The van der Waals surface area contributed by atoms with Crippen molar-refractivity contribution in [3.8, 4) is 0 Å². The molecule has 0 unspecified atom stereocenters. The summed E-state index contributed by atoms with van der Waals surface area (Å²) in [7, 11) is 1.54. The first kappa shape index (κ1) is 10.3. The Morgan fingerprint density at radius 2 is 2.27 bits per heavy atom. The average Bonchev–Trinajstić information content (AvgIpc) is 2.07. The highest BCUT2D eigenvalue weighted by Gasteiger charge is 1.93. The summed E-state index contributed by atoms with van der Waals surface area (Å²) in [6.07, 6.45) is 4.77. The van der Waals surface area contributed by atoms with E-state index in [9.17, 15) is 3.89 Å². The fourth-order valence-electron chi connectivity index (χ4n) is 0.513. The van der Waals surface area contributed by atoms with Crippen LogP contribution < -0.4 is 0 Å². The molecule has 1 nitrogen and oxygen atoms in total. The van der Waals surface area contributed by atoms with E-state index in [1.807, 2.05) is 6.92 Å². The maximum Gasteiger partial charge on any atom is 0.115 e. The molecule has 0 aromatic carbocycles. The van der Waals surface area contributed by atoms with Crippen LogP contribution in [0, 0.1) is 0 Å². The van der Waals surface area contributed by atoms with E-state index in [1.54, 1.807) is 12.2 Å². The molecule has 0 rings (SSSR count). The maximum absolute atomic E-state index is 12.0. The number of hydrogen-bond donors (Lipinski definition) is 0. The third kappa shape index (κ3) is 3.88. The van der Waals surface area contributed by atoms with Gasteiger partial charge in [-0.2, -0.15) is 3.89 Å². The lowest BCUT2D eigenvalue weighted by Gasteiger charge is -1.98. The van der Waals surface area contributed by atoms with Crippen LogP contribution in [0.4, 0.5) is 3.89 Å². The molecule has 11 heavy (non-hydrogen) atoms. The van der Waals surface area contributed by atoms with E-state index in [0.717, 1.165) is 0 Å². The minimum Gasteiger partial charge on any atom is -0.497 e. The molecular weight excluding hydrogens is 163 g/mol. The molecule has 0 aliphatic rings. The van der Waals surface area contributed by atoms with Gasteiger partial charge in [0.05, 0.1) is 19.3 Å². The average molecular weight is 174 g/mol. The molecule has 0 aliphatic carbocycles. The van der Waals surface area contributed by atoms with E-state index in [2.05, 4.69) is 6.58 Å². The van der Waals surface area contributed by atoms with Gasteiger partial charge in [-0.25, -0.2) is 0 Å². The van der Waals surface area contributed by atoms with Crippen LogP contribution in [-0.4, -0.2) is 7.11 Å². The summed E-state index contributed by atoms with van der Waals surface area (Å²) in [5.74, 6) is 0.630. The van der Waals surface area contributed by atoms with Crippen LogP contribution in [0.5, 0.6) is 0 Å². The van der Waals surface area contributed by atoms with Crippen LogP contribution in [0.15, 0.2) is 35.5 Å². The Balaban J connectivity index is 4.35. The number of allylic oxidation sites excluding steroid dienone is 3. The SMILES string of the molecule is C=C/C(=C\C(=C/C)OC)SF. The lowest BCUT2D eigenvalue weighted by molar-refractivity contribution is 0.306. The molecule has 0 aromatic heterocycles. The van der Waals surface area contributed by atoms with Crippen LogP contribution in [0.2, 0.25) is 0 Å². The van der Waals surface area contributed by atoms with Crippen molar-refractivity contribution in [2.24, 2.45) is 0 Å². The van der Waals surface area contributed by atoms with Crippen LogP contribution in [0.1, 0.15) is 6.92 Å². The summed E-state index contributed by atoms with van der Waals surface area (Å²) in [5.41, 5.74) is 0. The van der Waals surface area contributed by atoms with Crippen molar-refractivity contribution in [3.63, 3.8) is 0 Å². The third-order valence-corrected chi connectivity index (χ3v) is 1.56. The summed E-state index contributed by atoms with van der Waals surface area (Å²) in [6, 6.07) is 0. The van der Waals surface area contributed by atoms with Crippen LogP contribution in [0.25, 0.3) is 0 Å². The fourth-order valence-corrected chi connectivity index (χ4v) is 0.737. The molecular formula is C8H11FOS. The fraction of sp³-hybridized carbons (Fsp3) is 0.250. The largest absolute Gasteiger partial charge is 0.497 e. The summed E-state index contributed by atoms with van der Waals surface area (Å²) in [5, 5.41) is 0. The Morgan fingerprint density at radius 1 is 1.64 bits per heavy atom. The number of ether oxygens (including phenoxy) is 1. The standard InChI is InChI=1S/C8H11FOS/c1-4-7(10-3)6-8(5-2)11-9/h4-6H,2H2,1,3H3/b7-4+,8-6+. The van der Waals surface area contributed by atoms with E-state index in [4.69, 9.17) is 4.74 Å². The van der Waals surface area contributed by atoms with Gasteiger partial charge >= 0.3 is 0 Å². The van der Waals surface area contributed by atoms with Crippen molar-refractivity contribution >= 4 is 12.1 Å². The van der Waals surface area contributed by atoms with Gasteiger partial charge in [0.2, 0.25) is 0 Å². The third-order valence-electron chi connectivity index (χ3n) is 1.10. The molecule has 0 aliphatic heterocycles. The highest BCUT2D eigenvalue weighted by Crippen LogP contribution is 2.19. The van der Waals surface area contributed by atoms with Gasteiger partial charge in [-0.3, -0.25) is 0 Å². The first-order valence-electron chi connectivity index (χ1n) is 3.11. The van der Waals surface area contributed by atoms with E-state index < -0.39 is 0 Å². The second kappa shape index (κ2) is 6.04. The zero-order chi connectivity index (χ0) is 8.69. The van der Waals surface area contributed by atoms with Gasteiger partial charge in [0.25, 0.3) is 0 Å². The minimum absolute atomic E-state index is 0.151. The van der Waals surface area contributed by atoms with Crippen LogP contribution >= 0.6 is 12.1 Å². The van der Waals surface area contributed by atoms with E-state index in [-0.39, 0.29) is 12.1 Å². The molecule has 0 fully saturated rings. The molecule has 0 spiro atoms. The smallest absolute Gasteiger partial charge is 0.115 e. The van der Waals surface area contributed by atoms with Gasteiger partial charge in [-0.05, 0) is 19.1 Å². The van der Waals surface area contributed by atoms with E-state index in [1.165, 1.54) is 13.2 Å². The van der Waals surface area contributed by atoms with Gasteiger partial charge < -0.3 is 4.74 Å². The molecule has 3 heteroatoms. The lowest BCUT2D eigenvalue weighted by atomic mass is 10.4. The molecule has 0 N–H and O–H groups in total. The highest BCUT2D eigenvalue weighted by molar-refractivity contribution is 7.98. The van der Waals surface area contributed by atoms with Crippen molar-refractivity contribution in [1.82, 2.24) is 0 Å². The van der Waals surface area contributed by atoms with Crippen molar-refractivity contribution in [1.29, 1.82) is 0 Å². The van der Waals surface area contributed by atoms with Gasteiger partial charge in [0, 0.05) is 4.91 Å². The number of rotatable bonds is 4. The van der Waals surface area contributed by atoms with Gasteiger partial charge in [0.15, 0.2) is 0 Å². The molecule has 0 atom stereocenters. The van der Waals surface area contributed by atoms with Gasteiger partial charge in [-0.15, -0.1) is 0 Å². The number of methoxy groups -OCH3 is 1. The summed E-state index contributed by atoms with van der Waals surface area (Å²) in [4.78, 5) is 0.444. The Kier molecular flexibility index (Phi) is 5.65. The van der Waals surface area contributed by atoms with Crippen molar-refractivity contribution < 1.29 is 8.62 Å². The molecule has 0 heterocycles. The molecule has 0 radical (unpaired) electrons. The minimum atomic E-state index is 0.151. The predicted octanol–water partition coefficient (Wildman–Crippen LogP) is 3.22.